The molecule has 4 nitrogen and oxygen atoms in total. The van der Waals surface area contributed by atoms with Crippen LogP contribution in [0.15, 0.2) is 48.5 Å². The van der Waals surface area contributed by atoms with Gasteiger partial charge in [0.25, 0.3) is 0 Å². The van der Waals surface area contributed by atoms with E-state index in [1.165, 1.54) is 12.1 Å². The number of benzene rings is 2. The van der Waals surface area contributed by atoms with Crippen molar-refractivity contribution in [2.45, 2.75) is 12.6 Å². The lowest BCUT2D eigenvalue weighted by atomic mass is 10.1. The summed E-state index contributed by atoms with van der Waals surface area (Å²) in [4.78, 5) is 15.1. The van der Waals surface area contributed by atoms with Gasteiger partial charge in [-0.3, -0.25) is 9.69 Å². The largest absolute Gasteiger partial charge is 0.494 e. The molecule has 0 bridgehead atoms. The quantitative estimate of drug-likeness (QED) is 0.525. The third-order valence-corrected chi connectivity index (χ3v) is 4.79. The van der Waals surface area contributed by atoms with E-state index in [4.69, 9.17) is 4.74 Å². The topological polar surface area (TPSA) is 32.8 Å². The van der Waals surface area contributed by atoms with Gasteiger partial charge < -0.3 is 9.64 Å². The molecule has 0 aliphatic carbocycles. The highest BCUT2D eigenvalue weighted by Gasteiger charge is 2.31. The molecule has 1 aliphatic heterocycles. The van der Waals surface area contributed by atoms with Crippen molar-refractivity contribution in [1.82, 2.24) is 4.90 Å². The zero-order valence-electron chi connectivity index (χ0n) is 15.5. The maximum atomic E-state index is 12.9. The van der Waals surface area contributed by atoms with Crippen LogP contribution in [-0.4, -0.2) is 50.5 Å². The molecule has 1 heterocycles. The zero-order chi connectivity index (χ0) is 20.0. The average Bonchev–Trinajstić information content (AvgIpc) is 2.71. The van der Waals surface area contributed by atoms with Crippen molar-refractivity contribution in [3.05, 3.63) is 59.7 Å². The van der Waals surface area contributed by atoms with Gasteiger partial charge in [-0.15, -0.1) is 0 Å². The van der Waals surface area contributed by atoms with Gasteiger partial charge in [0.1, 0.15) is 12.0 Å². The van der Waals surface area contributed by atoms with E-state index in [-0.39, 0.29) is 0 Å². The number of nitrogens with zero attached hydrogens (tertiary/aromatic N) is 2. The van der Waals surface area contributed by atoms with Gasteiger partial charge in [-0.25, -0.2) is 0 Å². The number of piperazine rings is 1. The van der Waals surface area contributed by atoms with Crippen molar-refractivity contribution in [1.29, 1.82) is 0 Å². The summed E-state index contributed by atoms with van der Waals surface area (Å²) in [5.74, 6) is 0.680. The summed E-state index contributed by atoms with van der Waals surface area (Å²) >= 11 is 0. The molecule has 2 aromatic rings. The van der Waals surface area contributed by atoms with E-state index in [2.05, 4.69) is 4.90 Å². The summed E-state index contributed by atoms with van der Waals surface area (Å²) in [6.07, 6.45) is -2.69. The summed E-state index contributed by atoms with van der Waals surface area (Å²) in [5, 5.41) is 0. The van der Waals surface area contributed by atoms with Crippen LogP contribution >= 0.6 is 0 Å². The monoisotopic (exact) mass is 392 g/mol. The number of hydrogen-bond donors (Lipinski definition) is 0. The third kappa shape index (κ3) is 5.48. The lowest BCUT2D eigenvalue weighted by Crippen LogP contribution is -2.46. The molecule has 0 atom stereocenters. The van der Waals surface area contributed by atoms with Gasteiger partial charge in [0, 0.05) is 44.0 Å². The molecule has 28 heavy (non-hydrogen) atoms. The van der Waals surface area contributed by atoms with E-state index in [0.29, 0.717) is 36.7 Å². The molecule has 0 unspecified atom stereocenters. The Morgan fingerprint density at radius 2 is 1.75 bits per heavy atom. The molecular weight excluding hydrogens is 369 g/mol. The smallest absolute Gasteiger partial charge is 0.416 e. The minimum absolute atomic E-state index is 0.552. The fourth-order valence-electron chi connectivity index (χ4n) is 3.26. The predicted molar refractivity (Wildman–Crippen MR) is 102 cm³/mol. The molecule has 0 radical (unpaired) electrons. The van der Waals surface area contributed by atoms with E-state index in [0.717, 1.165) is 38.4 Å². The standard InChI is InChI=1S/C21H23F3N2O2/c22-21(23,24)18-5-2-6-19(15-18)26-11-9-25(10-12-26)8-3-13-28-20-7-1-4-17(14-20)16-27/h1-2,4-7,14-16H,3,8-13H2. The van der Waals surface area contributed by atoms with Crippen LogP contribution in [0.2, 0.25) is 0 Å². The molecule has 3 rings (SSSR count). The van der Waals surface area contributed by atoms with Crippen molar-refractivity contribution in [3.8, 4) is 5.75 Å². The third-order valence-electron chi connectivity index (χ3n) is 4.79. The van der Waals surface area contributed by atoms with Gasteiger partial charge in [0.15, 0.2) is 0 Å². The van der Waals surface area contributed by atoms with Crippen LogP contribution in [0.5, 0.6) is 5.75 Å². The van der Waals surface area contributed by atoms with Gasteiger partial charge in [0.05, 0.1) is 12.2 Å². The Balaban J connectivity index is 1.41. The summed E-state index contributed by atoms with van der Waals surface area (Å²) in [6, 6.07) is 12.5. The second kappa shape index (κ2) is 9.10. The van der Waals surface area contributed by atoms with Crippen LogP contribution in [0.1, 0.15) is 22.3 Å². The molecule has 0 amide bonds. The summed E-state index contributed by atoms with van der Waals surface area (Å²) < 4.78 is 44.3. The Hall–Kier alpha value is -2.54. The molecule has 150 valence electrons. The molecule has 0 N–H and O–H groups in total. The lowest BCUT2D eigenvalue weighted by molar-refractivity contribution is -0.137. The van der Waals surface area contributed by atoms with Crippen molar-refractivity contribution in [3.63, 3.8) is 0 Å². The highest BCUT2D eigenvalue weighted by Crippen LogP contribution is 2.31. The van der Waals surface area contributed by atoms with E-state index in [1.807, 2.05) is 11.0 Å². The first kappa shape index (κ1) is 20.2. The number of alkyl halides is 3. The fraction of sp³-hybridized carbons (Fsp3) is 0.381. The predicted octanol–water partition coefficient (Wildman–Crippen LogP) is 4.11. The van der Waals surface area contributed by atoms with E-state index < -0.39 is 11.7 Å². The number of carbonyl (C=O) groups excluding carboxylic acids is 1. The van der Waals surface area contributed by atoms with Crippen LogP contribution in [0.3, 0.4) is 0 Å². The van der Waals surface area contributed by atoms with Crippen LogP contribution in [0.25, 0.3) is 0 Å². The Kier molecular flexibility index (Phi) is 6.57. The maximum absolute atomic E-state index is 12.9. The maximum Gasteiger partial charge on any atom is 0.416 e. The second-order valence-corrected chi connectivity index (χ2v) is 6.77. The van der Waals surface area contributed by atoms with Crippen LogP contribution in [0, 0.1) is 0 Å². The summed E-state index contributed by atoms with van der Waals surface area (Å²) in [6.45, 7) is 4.42. The second-order valence-electron chi connectivity index (χ2n) is 6.77. The van der Waals surface area contributed by atoms with E-state index in [1.54, 1.807) is 24.3 Å². The van der Waals surface area contributed by atoms with Crippen LogP contribution < -0.4 is 9.64 Å². The molecule has 1 saturated heterocycles. The Labute approximate surface area is 162 Å². The molecule has 2 aromatic carbocycles. The number of rotatable bonds is 7. The Bertz CT molecular complexity index is 787. The molecule has 0 spiro atoms. The highest BCUT2D eigenvalue weighted by molar-refractivity contribution is 5.75. The summed E-state index contributed by atoms with van der Waals surface area (Å²) in [7, 11) is 0. The van der Waals surface area contributed by atoms with Gasteiger partial charge in [-0.2, -0.15) is 13.2 Å². The Morgan fingerprint density at radius 3 is 2.46 bits per heavy atom. The Morgan fingerprint density at radius 1 is 1.00 bits per heavy atom. The first-order valence-electron chi connectivity index (χ1n) is 9.28. The number of anilines is 1. The molecule has 0 aromatic heterocycles. The van der Waals surface area contributed by atoms with Gasteiger partial charge in [-0.05, 0) is 36.8 Å². The minimum atomic E-state index is -4.32. The number of hydrogen-bond acceptors (Lipinski definition) is 4. The number of ether oxygens (including phenoxy) is 1. The SMILES string of the molecule is O=Cc1cccc(OCCCN2CCN(c3cccc(C(F)(F)F)c3)CC2)c1. The van der Waals surface area contributed by atoms with E-state index in [9.17, 15) is 18.0 Å². The number of halogens is 3. The molecule has 1 fully saturated rings. The molecular formula is C21H23F3N2O2. The molecule has 7 heteroatoms. The normalized spacial score (nSPS) is 15.5. The number of carbonyl (C=O) groups is 1. The van der Waals surface area contributed by atoms with Crippen molar-refractivity contribution >= 4 is 12.0 Å². The highest BCUT2D eigenvalue weighted by atomic mass is 19.4. The summed E-state index contributed by atoms with van der Waals surface area (Å²) in [5.41, 5.74) is 0.597. The van der Waals surface area contributed by atoms with Crippen LogP contribution in [0.4, 0.5) is 18.9 Å². The number of aldehydes is 1. The lowest BCUT2D eigenvalue weighted by Gasteiger charge is -2.36. The zero-order valence-corrected chi connectivity index (χ0v) is 15.5. The van der Waals surface area contributed by atoms with Crippen molar-refractivity contribution in [2.24, 2.45) is 0 Å². The first-order valence-corrected chi connectivity index (χ1v) is 9.28. The van der Waals surface area contributed by atoms with Crippen molar-refractivity contribution in [2.75, 3.05) is 44.2 Å². The molecule has 0 saturated carbocycles. The van der Waals surface area contributed by atoms with E-state index >= 15 is 0 Å². The van der Waals surface area contributed by atoms with Gasteiger partial charge in [0.2, 0.25) is 0 Å². The first-order chi connectivity index (χ1) is 13.5. The van der Waals surface area contributed by atoms with Gasteiger partial charge in [-0.1, -0.05) is 18.2 Å². The van der Waals surface area contributed by atoms with Crippen LogP contribution in [-0.2, 0) is 6.18 Å². The average molecular weight is 392 g/mol. The van der Waals surface area contributed by atoms with Gasteiger partial charge >= 0.3 is 6.18 Å². The van der Waals surface area contributed by atoms with Crippen molar-refractivity contribution < 1.29 is 22.7 Å². The molecule has 1 aliphatic rings. The minimum Gasteiger partial charge on any atom is -0.494 e. The fourth-order valence-corrected chi connectivity index (χ4v) is 3.26.